The van der Waals surface area contributed by atoms with Crippen molar-refractivity contribution in [1.29, 1.82) is 0 Å². The molecule has 0 saturated carbocycles. The maximum absolute atomic E-state index is 12.9. The highest BCUT2D eigenvalue weighted by molar-refractivity contribution is 9.10. The van der Waals surface area contributed by atoms with Crippen LogP contribution in [0.5, 0.6) is 5.75 Å². The molecule has 1 N–H and O–H groups in total. The van der Waals surface area contributed by atoms with Crippen LogP contribution in [0.4, 0.5) is 0 Å². The number of methoxy groups -OCH3 is 1. The molecule has 5 rings (SSSR count). The lowest BCUT2D eigenvalue weighted by atomic mass is 10.2. The average Bonchev–Trinajstić information content (AvgIpc) is 3.47. The molecule has 0 atom stereocenters. The summed E-state index contributed by atoms with van der Waals surface area (Å²) in [5.74, 6) is 0.412. The zero-order valence-corrected chi connectivity index (χ0v) is 19.8. The van der Waals surface area contributed by atoms with Crippen LogP contribution in [0.25, 0.3) is 22.0 Å². The van der Waals surface area contributed by atoms with Gasteiger partial charge in [-0.3, -0.25) is 14.2 Å². The van der Waals surface area contributed by atoms with Crippen LogP contribution in [0.3, 0.4) is 0 Å². The van der Waals surface area contributed by atoms with E-state index in [0.717, 1.165) is 15.4 Å². The summed E-state index contributed by atoms with van der Waals surface area (Å²) in [6, 6.07) is 14.9. The number of nitrogens with one attached hydrogen (secondary N) is 1. The number of hydrogen-bond acceptors (Lipinski definition) is 6. The first-order chi connectivity index (χ1) is 16.5. The summed E-state index contributed by atoms with van der Waals surface area (Å²) < 4.78 is 15.1. The predicted octanol–water partition coefficient (Wildman–Crippen LogP) is 3.59. The lowest BCUT2D eigenvalue weighted by Crippen LogP contribution is -2.27. The second-order valence-electron chi connectivity index (χ2n) is 7.65. The zero-order chi connectivity index (χ0) is 23.7. The van der Waals surface area contributed by atoms with Gasteiger partial charge in [0.2, 0.25) is 0 Å². The number of amides is 1. The number of rotatable bonds is 7. The Morgan fingerprint density at radius 2 is 2.03 bits per heavy atom. The van der Waals surface area contributed by atoms with E-state index in [-0.39, 0.29) is 23.8 Å². The molecule has 0 aliphatic rings. The average molecular weight is 522 g/mol. The van der Waals surface area contributed by atoms with Crippen LogP contribution in [0.15, 0.2) is 74.7 Å². The Balaban J connectivity index is 1.27. The largest absolute Gasteiger partial charge is 0.493 e. The molecule has 0 aliphatic heterocycles. The fourth-order valence-corrected chi connectivity index (χ4v) is 4.00. The molecule has 0 spiro atoms. The third kappa shape index (κ3) is 4.19. The molecule has 3 aromatic heterocycles. The molecule has 10 heteroatoms. The number of benzene rings is 2. The van der Waals surface area contributed by atoms with Crippen LogP contribution in [-0.2, 0) is 13.1 Å². The summed E-state index contributed by atoms with van der Waals surface area (Å²) in [4.78, 5) is 29.9. The molecule has 0 aliphatic carbocycles. The van der Waals surface area contributed by atoms with Crippen molar-refractivity contribution < 1.29 is 13.9 Å². The molecule has 2 aromatic carbocycles. The van der Waals surface area contributed by atoms with Gasteiger partial charge in [-0.15, -0.1) is 0 Å². The van der Waals surface area contributed by atoms with E-state index in [1.54, 1.807) is 28.5 Å². The van der Waals surface area contributed by atoms with Crippen molar-refractivity contribution in [2.45, 2.75) is 13.1 Å². The summed E-state index contributed by atoms with van der Waals surface area (Å²) in [5.41, 5.74) is 1.82. The summed E-state index contributed by atoms with van der Waals surface area (Å²) in [6.07, 6.45) is 3.03. The Morgan fingerprint density at radius 3 is 2.82 bits per heavy atom. The number of para-hydroxylation sites is 1. The zero-order valence-electron chi connectivity index (χ0n) is 18.2. The molecule has 0 saturated heterocycles. The van der Waals surface area contributed by atoms with Gasteiger partial charge in [0.15, 0.2) is 22.7 Å². The first-order valence-electron chi connectivity index (χ1n) is 10.5. The first kappa shape index (κ1) is 21.9. The van der Waals surface area contributed by atoms with E-state index < -0.39 is 0 Å². The maximum atomic E-state index is 12.9. The van der Waals surface area contributed by atoms with Crippen molar-refractivity contribution in [3.05, 3.63) is 87.2 Å². The minimum absolute atomic E-state index is 0.167. The molecular weight excluding hydrogens is 502 g/mol. The molecule has 9 nitrogen and oxygen atoms in total. The SMILES string of the molecule is COc1cccc2cc(C(=O)NCCn3ncc4c(=O)n(Cc5ccc(Br)cc5)cnc43)oc12. The standard InChI is InChI=1S/C24H20BrN5O4/c1-33-19-4-2-3-16-11-20(34-21(16)19)23(31)26-9-10-30-22-18(12-28-30)24(32)29(14-27-22)13-15-5-7-17(25)8-6-15/h2-8,11-12,14H,9-10,13H2,1H3,(H,26,31). The number of hydrogen-bond donors (Lipinski definition) is 1. The number of carbonyl (C=O) groups is 1. The van der Waals surface area contributed by atoms with Crippen molar-refractivity contribution in [3.8, 4) is 5.75 Å². The van der Waals surface area contributed by atoms with Gasteiger partial charge >= 0.3 is 0 Å². The molecule has 172 valence electrons. The van der Waals surface area contributed by atoms with Crippen LogP contribution in [0.1, 0.15) is 16.1 Å². The van der Waals surface area contributed by atoms with Crippen molar-refractivity contribution >= 4 is 43.8 Å². The van der Waals surface area contributed by atoms with Gasteiger partial charge in [0.05, 0.1) is 26.4 Å². The number of ether oxygens (including phenoxy) is 1. The van der Waals surface area contributed by atoms with E-state index in [9.17, 15) is 9.59 Å². The molecule has 3 heterocycles. The van der Waals surface area contributed by atoms with E-state index in [4.69, 9.17) is 9.15 Å². The number of nitrogens with zero attached hydrogens (tertiary/aromatic N) is 4. The minimum Gasteiger partial charge on any atom is -0.493 e. The second kappa shape index (κ2) is 9.14. The molecule has 0 radical (unpaired) electrons. The minimum atomic E-state index is -0.348. The van der Waals surface area contributed by atoms with Gasteiger partial charge in [-0.25, -0.2) is 9.67 Å². The van der Waals surface area contributed by atoms with Crippen molar-refractivity contribution in [3.63, 3.8) is 0 Å². The van der Waals surface area contributed by atoms with Crippen LogP contribution in [-0.4, -0.2) is 38.9 Å². The van der Waals surface area contributed by atoms with E-state index in [1.807, 2.05) is 36.4 Å². The normalized spacial score (nSPS) is 11.2. The highest BCUT2D eigenvalue weighted by Crippen LogP contribution is 2.28. The fraction of sp³-hybridized carbons (Fsp3) is 0.167. The van der Waals surface area contributed by atoms with Gasteiger partial charge in [-0.1, -0.05) is 40.2 Å². The van der Waals surface area contributed by atoms with Gasteiger partial charge < -0.3 is 14.5 Å². The second-order valence-corrected chi connectivity index (χ2v) is 8.57. The lowest BCUT2D eigenvalue weighted by molar-refractivity contribution is 0.0926. The number of carbonyl (C=O) groups excluding carboxylic acids is 1. The molecule has 5 aromatic rings. The summed E-state index contributed by atoms with van der Waals surface area (Å²) >= 11 is 3.41. The highest BCUT2D eigenvalue weighted by Gasteiger charge is 2.15. The topological polar surface area (TPSA) is 104 Å². The Kier molecular flexibility index (Phi) is 5.89. The van der Waals surface area contributed by atoms with E-state index in [1.165, 1.54) is 12.5 Å². The Labute approximate surface area is 202 Å². The molecule has 0 fully saturated rings. The monoisotopic (exact) mass is 521 g/mol. The number of fused-ring (bicyclic) bond motifs is 2. The van der Waals surface area contributed by atoms with Crippen LogP contribution in [0.2, 0.25) is 0 Å². The quantitative estimate of drug-likeness (QED) is 0.351. The third-order valence-corrected chi connectivity index (χ3v) is 5.98. The van der Waals surface area contributed by atoms with Gasteiger partial charge in [0.1, 0.15) is 11.7 Å². The van der Waals surface area contributed by atoms with Crippen LogP contribution < -0.4 is 15.6 Å². The smallest absolute Gasteiger partial charge is 0.287 e. The van der Waals surface area contributed by atoms with Crippen LogP contribution in [0, 0.1) is 0 Å². The highest BCUT2D eigenvalue weighted by atomic mass is 79.9. The Bertz CT molecular complexity index is 1550. The molecule has 0 bridgehead atoms. The van der Waals surface area contributed by atoms with E-state index >= 15 is 0 Å². The molecular formula is C24H20BrN5O4. The molecule has 1 amide bonds. The third-order valence-electron chi connectivity index (χ3n) is 5.45. The van der Waals surface area contributed by atoms with Crippen molar-refractivity contribution in [2.75, 3.05) is 13.7 Å². The van der Waals surface area contributed by atoms with Gasteiger partial charge in [-0.2, -0.15) is 5.10 Å². The van der Waals surface area contributed by atoms with Crippen LogP contribution >= 0.6 is 15.9 Å². The first-order valence-corrected chi connectivity index (χ1v) is 11.3. The Morgan fingerprint density at radius 1 is 1.21 bits per heavy atom. The maximum Gasteiger partial charge on any atom is 0.287 e. The van der Waals surface area contributed by atoms with Crippen molar-refractivity contribution in [2.24, 2.45) is 0 Å². The summed E-state index contributed by atoms with van der Waals surface area (Å²) in [7, 11) is 1.55. The van der Waals surface area contributed by atoms with E-state index in [2.05, 4.69) is 31.3 Å². The molecule has 0 unspecified atom stereocenters. The van der Waals surface area contributed by atoms with Gasteiger partial charge in [0.25, 0.3) is 11.5 Å². The summed E-state index contributed by atoms with van der Waals surface area (Å²) in [6.45, 7) is 1.05. The molecule has 34 heavy (non-hydrogen) atoms. The van der Waals surface area contributed by atoms with Gasteiger partial charge in [0, 0.05) is 16.4 Å². The fourth-order valence-electron chi connectivity index (χ4n) is 3.73. The summed E-state index contributed by atoms with van der Waals surface area (Å²) in [5, 5.41) is 8.31. The van der Waals surface area contributed by atoms with Gasteiger partial charge in [-0.05, 0) is 29.8 Å². The predicted molar refractivity (Wildman–Crippen MR) is 130 cm³/mol. The Hall–Kier alpha value is -3.92. The number of halogens is 1. The number of furan rings is 1. The van der Waals surface area contributed by atoms with Crippen molar-refractivity contribution in [1.82, 2.24) is 24.6 Å². The lowest BCUT2D eigenvalue weighted by Gasteiger charge is -2.07. The van der Waals surface area contributed by atoms with E-state index in [0.29, 0.717) is 35.5 Å². The number of aromatic nitrogens is 4.